The molecule has 136 valence electrons. The second kappa shape index (κ2) is 7.75. The van der Waals surface area contributed by atoms with Crippen molar-refractivity contribution in [2.45, 2.75) is 13.3 Å². The smallest absolute Gasteiger partial charge is 0.232 e. The molecule has 1 aromatic heterocycles. The lowest BCUT2D eigenvalue weighted by atomic mass is 10.3. The Kier molecular flexibility index (Phi) is 5.91. The zero-order chi connectivity index (χ0) is 18.6. The molecule has 1 aromatic carbocycles. The number of nitrogens with zero attached hydrogens (tertiary/aromatic N) is 2. The molecule has 0 atom stereocenters. The summed E-state index contributed by atoms with van der Waals surface area (Å²) in [5, 5.41) is 6.46. The van der Waals surface area contributed by atoms with Gasteiger partial charge in [0.15, 0.2) is 5.82 Å². The van der Waals surface area contributed by atoms with Crippen LogP contribution in [0.3, 0.4) is 0 Å². The first-order valence-electron chi connectivity index (χ1n) is 7.25. The van der Waals surface area contributed by atoms with Crippen LogP contribution in [0.25, 0.3) is 0 Å². The predicted molar refractivity (Wildman–Crippen MR) is 94.7 cm³/mol. The molecular formula is C15H18ClN3O5S. The third-order valence-electron chi connectivity index (χ3n) is 3.26. The van der Waals surface area contributed by atoms with Crippen LogP contribution in [-0.4, -0.2) is 39.4 Å². The average Bonchev–Trinajstić information content (AvgIpc) is 2.91. The molecule has 1 heterocycles. The molecule has 0 aliphatic rings. The van der Waals surface area contributed by atoms with Crippen LogP contribution < -0.4 is 14.4 Å². The summed E-state index contributed by atoms with van der Waals surface area (Å²) in [6, 6.07) is 6.16. The first-order valence-corrected chi connectivity index (χ1v) is 9.47. The summed E-state index contributed by atoms with van der Waals surface area (Å²) in [5.41, 5.74) is 0.346. The van der Waals surface area contributed by atoms with Crippen LogP contribution in [0.4, 0.5) is 11.5 Å². The molecule has 0 aliphatic heterocycles. The van der Waals surface area contributed by atoms with Crippen LogP contribution in [-0.2, 0) is 14.8 Å². The van der Waals surface area contributed by atoms with E-state index in [1.807, 2.05) is 0 Å². The molecule has 0 aliphatic carbocycles. The number of benzene rings is 1. The highest BCUT2D eigenvalue weighted by Crippen LogP contribution is 2.30. The number of methoxy groups -OCH3 is 1. The number of anilines is 2. The van der Waals surface area contributed by atoms with Crippen molar-refractivity contribution in [1.82, 2.24) is 5.16 Å². The van der Waals surface area contributed by atoms with Gasteiger partial charge >= 0.3 is 0 Å². The molecule has 0 radical (unpaired) electrons. The van der Waals surface area contributed by atoms with Crippen molar-refractivity contribution in [1.29, 1.82) is 0 Å². The van der Waals surface area contributed by atoms with Crippen LogP contribution >= 0.6 is 11.6 Å². The number of amides is 1. The number of hydrogen-bond donors (Lipinski definition) is 1. The molecule has 0 spiro atoms. The Balaban J connectivity index is 2.11. The van der Waals surface area contributed by atoms with Crippen molar-refractivity contribution in [2.24, 2.45) is 0 Å². The maximum absolute atomic E-state index is 12.1. The van der Waals surface area contributed by atoms with Crippen molar-refractivity contribution < 1.29 is 22.5 Å². The molecular weight excluding hydrogens is 370 g/mol. The van der Waals surface area contributed by atoms with Crippen LogP contribution in [0, 0.1) is 6.92 Å². The minimum Gasteiger partial charge on any atom is -0.495 e. The van der Waals surface area contributed by atoms with E-state index < -0.39 is 10.0 Å². The third-order valence-corrected chi connectivity index (χ3v) is 4.75. The highest BCUT2D eigenvalue weighted by Gasteiger charge is 2.20. The van der Waals surface area contributed by atoms with E-state index >= 15 is 0 Å². The SMILES string of the molecule is COc1ccc(N(CCC(=O)Nc2cc(C)on2)S(C)(=O)=O)cc1Cl. The Labute approximate surface area is 150 Å². The Morgan fingerprint density at radius 3 is 2.64 bits per heavy atom. The van der Waals surface area contributed by atoms with E-state index in [0.29, 0.717) is 17.2 Å². The maximum Gasteiger partial charge on any atom is 0.232 e. The second-order valence-corrected chi connectivity index (χ2v) is 7.59. The molecule has 0 fully saturated rings. The molecule has 10 heteroatoms. The van der Waals surface area contributed by atoms with Gasteiger partial charge in [0.25, 0.3) is 0 Å². The highest BCUT2D eigenvalue weighted by molar-refractivity contribution is 7.92. The van der Waals surface area contributed by atoms with Crippen molar-refractivity contribution in [3.63, 3.8) is 0 Å². The van der Waals surface area contributed by atoms with Gasteiger partial charge in [-0.05, 0) is 25.1 Å². The number of ether oxygens (including phenoxy) is 1. The van der Waals surface area contributed by atoms with Gasteiger partial charge in [-0.1, -0.05) is 16.8 Å². The topological polar surface area (TPSA) is 102 Å². The molecule has 2 aromatic rings. The Hall–Kier alpha value is -2.26. The monoisotopic (exact) mass is 387 g/mol. The number of rotatable bonds is 7. The molecule has 8 nitrogen and oxygen atoms in total. The van der Waals surface area contributed by atoms with E-state index in [-0.39, 0.29) is 29.7 Å². The third kappa shape index (κ3) is 5.10. The van der Waals surface area contributed by atoms with Gasteiger partial charge in [-0.2, -0.15) is 0 Å². The Morgan fingerprint density at radius 2 is 2.12 bits per heavy atom. The Bertz CT molecular complexity index is 866. The molecule has 25 heavy (non-hydrogen) atoms. The van der Waals surface area contributed by atoms with Crippen LogP contribution in [0.1, 0.15) is 12.2 Å². The lowest BCUT2D eigenvalue weighted by Gasteiger charge is -2.22. The van der Waals surface area contributed by atoms with Crippen molar-refractivity contribution in [2.75, 3.05) is 29.5 Å². The largest absolute Gasteiger partial charge is 0.495 e. The summed E-state index contributed by atoms with van der Waals surface area (Å²) in [6.45, 7) is 1.64. The summed E-state index contributed by atoms with van der Waals surface area (Å²) in [4.78, 5) is 12.0. The summed E-state index contributed by atoms with van der Waals surface area (Å²) in [6.07, 6.45) is 0.993. The lowest BCUT2D eigenvalue weighted by Crippen LogP contribution is -2.33. The molecule has 1 N–H and O–H groups in total. The fraction of sp³-hybridized carbons (Fsp3) is 0.333. The summed E-state index contributed by atoms with van der Waals surface area (Å²) < 4.78 is 35.1. The zero-order valence-electron chi connectivity index (χ0n) is 13.9. The van der Waals surface area contributed by atoms with E-state index in [1.165, 1.54) is 13.2 Å². The second-order valence-electron chi connectivity index (χ2n) is 5.27. The van der Waals surface area contributed by atoms with E-state index in [2.05, 4.69) is 10.5 Å². The van der Waals surface area contributed by atoms with Crippen LogP contribution in [0.2, 0.25) is 5.02 Å². The number of carbonyl (C=O) groups is 1. The van der Waals surface area contributed by atoms with Gasteiger partial charge < -0.3 is 14.6 Å². The van der Waals surface area contributed by atoms with Crippen LogP contribution in [0.5, 0.6) is 5.75 Å². The number of carbonyl (C=O) groups excluding carboxylic acids is 1. The van der Waals surface area contributed by atoms with Crippen molar-refractivity contribution in [3.05, 3.63) is 35.0 Å². The first kappa shape index (κ1) is 19.1. The number of halogens is 1. The molecule has 2 rings (SSSR count). The molecule has 1 amide bonds. The molecule has 0 saturated carbocycles. The minimum absolute atomic E-state index is 0.0514. The number of aromatic nitrogens is 1. The van der Waals surface area contributed by atoms with E-state index in [9.17, 15) is 13.2 Å². The highest BCUT2D eigenvalue weighted by atomic mass is 35.5. The molecule has 0 unspecified atom stereocenters. The normalized spacial score (nSPS) is 11.2. The molecule has 0 saturated heterocycles. The number of hydrogen-bond acceptors (Lipinski definition) is 6. The van der Waals surface area contributed by atoms with Gasteiger partial charge in [-0.15, -0.1) is 0 Å². The lowest BCUT2D eigenvalue weighted by molar-refractivity contribution is -0.116. The van der Waals surface area contributed by atoms with Gasteiger partial charge in [0.2, 0.25) is 15.9 Å². The van der Waals surface area contributed by atoms with Crippen LogP contribution in [0.15, 0.2) is 28.8 Å². The summed E-state index contributed by atoms with van der Waals surface area (Å²) >= 11 is 6.05. The standard InChI is InChI=1S/C15H18ClN3O5S/c1-10-8-14(18-24-10)17-15(20)6-7-19(25(3,21)22)11-4-5-13(23-2)12(16)9-11/h4-5,8-9H,6-7H2,1-3H3,(H,17,18,20). The van der Waals surface area contributed by atoms with Crippen molar-refractivity contribution >= 4 is 39.0 Å². The predicted octanol–water partition coefficient (Wildman–Crippen LogP) is 2.44. The summed E-state index contributed by atoms with van der Waals surface area (Å²) in [7, 11) is -2.14. The van der Waals surface area contributed by atoms with Gasteiger partial charge in [0.1, 0.15) is 11.5 Å². The van der Waals surface area contributed by atoms with E-state index in [1.54, 1.807) is 25.1 Å². The Morgan fingerprint density at radius 1 is 1.40 bits per heavy atom. The quantitative estimate of drug-likeness (QED) is 0.782. The molecule has 0 bridgehead atoms. The first-order chi connectivity index (χ1) is 11.7. The van der Waals surface area contributed by atoms with Gasteiger partial charge in [0, 0.05) is 19.0 Å². The van der Waals surface area contributed by atoms with Gasteiger partial charge in [0.05, 0.1) is 24.1 Å². The fourth-order valence-corrected chi connectivity index (χ4v) is 3.30. The average molecular weight is 388 g/mol. The van der Waals surface area contributed by atoms with Gasteiger partial charge in [-0.25, -0.2) is 8.42 Å². The van der Waals surface area contributed by atoms with E-state index in [0.717, 1.165) is 10.6 Å². The maximum atomic E-state index is 12.1. The number of sulfonamides is 1. The minimum atomic E-state index is -3.60. The number of nitrogens with one attached hydrogen (secondary N) is 1. The van der Waals surface area contributed by atoms with Crippen molar-refractivity contribution in [3.8, 4) is 5.75 Å². The zero-order valence-corrected chi connectivity index (χ0v) is 15.5. The fourth-order valence-electron chi connectivity index (χ4n) is 2.13. The van der Waals surface area contributed by atoms with E-state index in [4.69, 9.17) is 20.9 Å². The number of aryl methyl sites for hydroxylation is 1. The van der Waals surface area contributed by atoms with Gasteiger partial charge in [-0.3, -0.25) is 9.10 Å². The summed E-state index contributed by atoms with van der Waals surface area (Å²) in [5.74, 6) is 0.876.